The van der Waals surface area contributed by atoms with Gasteiger partial charge in [-0.15, -0.1) is 0 Å². The van der Waals surface area contributed by atoms with Gasteiger partial charge in [-0.3, -0.25) is 4.90 Å². The van der Waals surface area contributed by atoms with Crippen LogP contribution in [0.5, 0.6) is 0 Å². The van der Waals surface area contributed by atoms with Crippen molar-refractivity contribution in [3.63, 3.8) is 0 Å². The van der Waals surface area contributed by atoms with E-state index in [4.69, 9.17) is 0 Å². The standard InChI is InChI=1S/C24H25N/c1-4-12-22(13-5-1)14-10-11-19-25(20-23-15-6-2-7-16-23)21-24-17-8-3-9-18-24/h1-13,15-18H,14,19-21H2/b11-10+. The summed E-state index contributed by atoms with van der Waals surface area (Å²) in [7, 11) is 0. The first kappa shape index (κ1) is 17.2. The van der Waals surface area contributed by atoms with E-state index in [9.17, 15) is 0 Å². The Hall–Kier alpha value is -2.64. The minimum Gasteiger partial charge on any atom is -0.291 e. The van der Waals surface area contributed by atoms with Gasteiger partial charge >= 0.3 is 0 Å². The van der Waals surface area contributed by atoms with Gasteiger partial charge in [-0.25, -0.2) is 0 Å². The highest BCUT2D eigenvalue weighted by Gasteiger charge is 2.05. The van der Waals surface area contributed by atoms with Gasteiger partial charge in [0.05, 0.1) is 0 Å². The Labute approximate surface area is 151 Å². The van der Waals surface area contributed by atoms with E-state index in [1.807, 2.05) is 0 Å². The fourth-order valence-corrected chi connectivity index (χ4v) is 2.93. The van der Waals surface area contributed by atoms with Crippen LogP contribution in [0.2, 0.25) is 0 Å². The highest BCUT2D eigenvalue weighted by atomic mass is 15.1. The summed E-state index contributed by atoms with van der Waals surface area (Å²) in [5.74, 6) is 0. The Kier molecular flexibility index (Phi) is 6.61. The SMILES string of the molecule is C(=C\CN(Cc1ccccc1)Cc1ccccc1)/Cc1ccccc1. The molecule has 25 heavy (non-hydrogen) atoms. The van der Waals surface area contributed by atoms with Gasteiger partial charge in [-0.2, -0.15) is 0 Å². The molecule has 0 fully saturated rings. The third-order valence-electron chi connectivity index (χ3n) is 4.22. The molecule has 0 aliphatic rings. The van der Waals surface area contributed by atoms with Crippen molar-refractivity contribution in [2.45, 2.75) is 19.5 Å². The average molecular weight is 327 g/mol. The molecule has 0 saturated carbocycles. The van der Waals surface area contributed by atoms with Crippen molar-refractivity contribution in [1.29, 1.82) is 0 Å². The summed E-state index contributed by atoms with van der Waals surface area (Å²) in [6.45, 7) is 2.88. The van der Waals surface area contributed by atoms with E-state index in [0.717, 1.165) is 26.1 Å². The molecule has 0 heterocycles. The largest absolute Gasteiger partial charge is 0.291 e. The van der Waals surface area contributed by atoms with Crippen LogP contribution in [0.4, 0.5) is 0 Å². The molecule has 0 aliphatic carbocycles. The van der Waals surface area contributed by atoms with Crippen molar-refractivity contribution >= 4 is 0 Å². The highest BCUT2D eigenvalue weighted by molar-refractivity contribution is 5.19. The Bertz CT molecular complexity index is 706. The molecule has 0 aromatic heterocycles. The van der Waals surface area contributed by atoms with Crippen LogP contribution in [0.3, 0.4) is 0 Å². The Morgan fingerprint density at radius 2 is 0.960 bits per heavy atom. The number of rotatable bonds is 8. The van der Waals surface area contributed by atoms with E-state index in [1.54, 1.807) is 0 Å². The van der Waals surface area contributed by atoms with Gasteiger partial charge < -0.3 is 0 Å². The number of benzene rings is 3. The summed E-state index contributed by atoms with van der Waals surface area (Å²) in [4.78, 5) is 2.48. The highest BCUT2D eigenvalue weighted by Crippen LogP contribution is 2.10. The Morgan fingerprint density at radius 3 is 1.44 bits per heavy atom. The zero-order chi connectivity index (χ0) is 17.2. The molecule has 3 aromatic carbocycles. The summed E-state index contributed by atoms with van der Waals surface area (Å²) in [6, 6.07) is 32.0. The summed E-state index contributed by atoms with van der Waals surface area (Å²) >= 11 is 0. The maximum Gasteiger partial charge on any atom is 0.0240 e. The van der Waals surface area contributed by atoms with Crippen LogP contribution in [0.1, 0.15) is 16.7 Å². The van der Waals surface area contributed by atoms with E-state index in [2.05, 4.69) is 108 Å². The van der Waals surface area contributed by atoms with Crippen LogP contribution in [0.25, 0.3) is 0 Å². The lowest BCUT2D eigenvalue weighted by molar-refractivity contribution is 0.286. The molecule has 0 aliphatic heterocycles. The zero-order valence-corrected chi connectivity index (χ0v) is 14.6. The molecule has 0 radical (unpaired) electrons. The van der Waals surface area contributed by atoms with Gasteiger partial charge in [0.15, 0.2) is 0 Å². The minimum absolute atomic E-state index is 0.955. The molecular weight excluding hydrogens is 302 g/mol. The Morgan fingerprint density at radius 1 is 0.520 bits per heavy atom. The smallest absolute Gasteiger partial charge is 0.0240 e. The third-order valence-corrected chi connectivity index (χ3v) is 4.22. The molecule has 0 unspecified atom stereocenters. The summed E-state index contributed by atoms with van der Waals surface area (Å²) < 4.78 is 0. The van der Waals surface area contributed by atoms with Gasteiger partial charge in [0, 0.05) is 19.6 Å². The first-order valence-corrected chi connectivity index (χ1v) is 8.89. The predicted molar refractivity (Wildman–Crippen MR) is 106 cm³/mol. The summed E-state index contributed by atoms with van der Waals surface area (Å²) in [5.41, 5.74) is 4.07. The van der Waals surface area contributed by atoms with E-state index in [1.165, 1.54) is 16.7 Å². The quantitative estimate of drug-likeness (QED) is 0.495. The molecule has 0 saturated heterocycles. The molecule has 1 heteroatoms. The molecule has 0 N–H and O–H groups in total. The number of allylic oxidation sites excluding steroid dienone is 1. The van der Waals surface area contributed by atoms with Crippen molar-refractivity contribution in [2.75, 3.05) is 6.54 Å². The molecular formula is C24H25N. The molecule has 3 rings (SSSR count). The molecule has 1 nitrogen and oxygen atoms in total. The molecule has 126 valence electrons. The maximum atomic E-state index is 2.48. The maximum absolute atomic E-state index is 2.48. The van der Waals surface area contributed by atoms with Crippen molar-refractivity contribution < 1.29 is 0 Å². The molecule has 3 aromatic rings. The van der Waals surface area contributed by atoms with Crippen LogP contribution < -0.4 is 0 Å². The van der Waals surface area contributed by atoms with Gasteiger partial charge in [0.1, 0.15) is 0 Å². The second kappa shape index (κ2) is 9.61. The van der Waals surface area contributed by atoms with Crippen molar-refractivity contribution in [3.05, 3.63) is 120 Å². The minimum atomic E-state index is 0.955. The monoisotopic (exact) mass is 327 g/mol. The number of hydrogen-bond acceptors (Lipinski definition) is 1. The Balaban J connectivity index is 1.61. The lowest BCUT2D eigenvalue weighted by Crippen LogP contribution is -2.22. The lowest BCUT2D eigenvalue weighted by atomic mass is 10.1. The van der Waals surface area contributed by atoms with Crippen LogP contribution in [-0.2, 0) is 19.5 Å². The van der Waals surface area contributed by atoms with Crippen LogP contribution in [-0.4, -0.2) is 11.4 Å². The van der Waals surface area contributed by atoms with E-state index < -0.39 is 0 Å². The molecule has 0 amide bonds. The van der Waals surface area contributed by atoms with E-state index in [-0.39, 0.29) is 0 Å². The van der Waals surface area contributed by atoms with Crippen molar-refractivity contribution in [1.82, 2.24) is 4.90 Å². The second-order valence-corrected chi connectivity index (χ2v) is 6.30. The van der Waals surface area contributed by atoms with Gasteiger partial charge in [-0.1, -0.05) is 103 Å². The van der Waals surface area contributed by atoms with Gasteiger partial charge in [0.25, 0.3) is 0 Å². The van der Waals surface area contributed by atoms with E-state index in [0.29, 0.717) is 0 Å². The predicted octanol–water partition coefficient (Wildman–Crippen LogP) is 5.49. The van der Waals surface area contributed by atoms with Gasteiger partial charge in [0.2, 0.25) is 0 Å². The summed E-state index contributed by atoms with van der Waals surface area (Å²) in [5, 5.41) is 0. The number of nitrogens with zero attached hydrogens (tertiary/aromatic N) is 1. The first-order valence-electron chi connectivity index (χ1n) is 8.89. The van der Waals surface area contributed by atoms with Crippen LogP contribution >= 0.6 is 0 Å². The zero-order valence-electron chi connectivity index (χ0n) is 14.6. The summed E-state index contributed by atoms with van der Waals surface area (Å²) in [6.07, 6.45) is 5.56. The van der Waals surface area contributed by atoms with Crippen LogP contribution in [0, 0.1) is 0 Å². The fourth-order valence-electron chi connectivity index (χ4n) is 2.93. The fraction of sp³-hybridized carbons (Fsp3) is 0.167. The first-order chi connectivity index (χ1) is 12.4. The van der Waals surface area contributed by atoms with Crippen LogP contribution in [0.15, 0.2) is 103 Å². The molecule has 0 spiro atoms. The molecule has 0 bridgehead atoms. The number of hydrogen-bond donors (Lipinski definition) is 0. The normalized spacial score (nSPS) is 11.2. The average Bonchev–Trinajstić information content (AvgIpc) is 2.67. The third kappa shape index (κ3) is 6.06. The second-order valence-electron chi connectivity index (χ2n) is 6.30. The van der Waals surface area contributed by atoms with Gasteiger partial charge in [-0.05, 0) is 23.1 Å². The van der Waals surface area contributed by atoms with E-state index >= 15 is 0 Å². The van der Waals surface area contributed by atoms with Crippen molar-refractivity contribution in [3.8, 4) is 0 Å². The topological polar surface area (TPSA) is 3.24 Å². The molecule has 0 atom stereocenters. The lowest BCUT2D eigenvalue weighted by Gasteiger charge is -2.21. The van der Waals surface area contributed by atoms with Crippen molar-refractivity contribution in [2.24, 2.45) is 0 Å².